The van der Waals surface area contributed by atoms with Gasteiger partial charge in [-0.05, 0) is 84.3 Å². The van der Waals surface area contributed by atoms with E-state index in [2.05, 4.69) is 20.6 Å². The second kappa shape index (κ2) is 11.1. The van der Waals surface area contributed by atoms with E-state index in [1.54, 1.807) is 24.4 Å². The van der Waals surface area contributed by atoms with E-state index in [4.69, 9.17) is 0 Å². The summed E-state index contributed by atoms with van der Waals surface area (Å²) < 4.78 is 13.9. The minimum atomic E-state index is -0.382. The van der Waals surface area contributed by atoms with E-state index in [9.17, 15) is 14.0 Å². The van der Waals surface area contributed by atoms with Crippen LogP contribution in [0.1, 0.15) is 42.8 Å². The van der Waals surface area contributed by atoms with Crippen LogP contribution in [0.3, 0.4) is 0 Å². The maximum Gasteiger partial charge on any atom is 0.290 e. The molecule has 2 aromatic carbocycles. The van der Waals surface area contributed by atoms with Crippen LogP contribution in [0.15, 0.2) is 65.7 Å². The molecule has 1 aliphatic carbocycles. The van der Waals surface area contributed by atoms with Gasteiger partial charge in [-0.25, -0.2) is 14.4 Å². The van der Waals surface area contributed by atoms with E-state index in [1.807, 2.05) is 36.4 Å². The molecule has 1 saturated heterocycles. The van der Waals surface area contributed by atoms with Crippen LogP contribution in [0.5, 0.6) is 0 Å². The zero-order valence-corrected chi connectivity index (χ0v) is 20.6. The molecular formula is C28H27FN4O2S. The van der Waals surface area contributed by atoms with Gasteiger partial charge >= 0.3 is 0 Å². The normalized spacial score (nSPS) is 21.1. The first-order valence-corrected chi connectivity index (χ1v) is 13.0. The number of thioether (sulfide) groups is 1. The molecule has 184 valence electrons. The molecule has 36 heavy (non-hydrogen) atoms. The lowest BCUT2D eigenvalue weighted by Gasteiger charge is -2.29. The lowest BCUT2D eigenvalue weighted by atomic mass is 9.84. The summed E-state index contributed by atoms with van der Waals surface area (Å²) in [5, 5.41) is 5.58. The van der Waals surface area contributed by atoms with Gasteiger partial charge in [0, 0.05) is 25.2 Å². The Morgan fingerprint density at radius 1 is 1.06 bits per heavy atom. The largest absolute Gasteiger partial charge is 0.310 e. The quantitative estimate of drug-likeness (QED) is 0.415. The molecule has 0 atom stereocenters. The topological polar surface area (TPSA) is 84.0 Å². The molecule has 0 unspecified atom stereocenters. The number of rotatable bonds is 7. The summed E-state index contributed by atoms with van der Waals surface area (Å²) in [6.45, 7) is 0.702. The van der Waals surface area contributed by atoms with Gasteiger partial charge in [0.2, 0.25) is 0 Å². The Balaban J connectivity index is 1.15. The van der Waals surface area contributed by atoms with Gasteiger partial charge in [-0.1, -0.05) is 36.4 Å². The van der Waals surface area contributed by atoms with Crippen LogP contribution in [0.2, 0.25) is 0 Å². The molecule has 2 aliphatic rings. The summed E-state index contributed by atoms with van der Waals surface area (Å²) in [4.78, 5) is 32.5. The molecule has 2 fully saturated rings. The molecule has 0 spiro atoms. The van der Waals surface area contributed by atoms with Crippen LogP contribution < -0.4 is 10.6 Å². The molecular weight excluding hydrogens is 475 g/mol. The van der Waals surface area contributed by atoms with Crippen LogP contribution in [0.4, 0.5) is 9.18 Å². The molecule has 1 aromatic heterocycles. The smallest absolute Gasteiger partial charge is 0.290 e. The number of hydrogen-bond acceptors (Lipinski definition) is 6. The number of carbonyl (C=O) groups is 2. The van der Waals surface area contributed by atoms with E-state index in [0.717, 1.165) is 66.4 Å². The third-order valence-electron chi connectivity index (χ3n) is 6.70. The Morgan fingerprint density at radius 3 is 2.61 bits per heavy atom. The SMILES string of the molecule is O=C1NC(=O)/C(=C/c2ccnc(CC3CCC(NCc4ccc(F)cc4-c4ccccc4)CC3)n2)S1. The van der Waals surface area contributed by atoms with Crippen molar-refractivity contribution in [1.29, 1.82) is 0 Å². The van der Waals surface area contributed by atoms with Gasteiger partial charge in [0.15, 0.2) is 0 Å². The van der Waals surface area contributed by atoms with Gasteiger partial charge in [-0.15, -0.1) is 0 Å². The number of nitrogens with zero attached hydrogens (tertiary/aromatic N) is 2. The van der Waals surface area contributed by atoms with Gasteiger partial charge in [0.1, 0.15) is 11.6 Å². The van der Waals surface area contributed by atoms with Gasteiger partial charge in [-0.3, -0.25) is 14.9 Å². The van der Waals surface area contributed by atoms with E-state index in [0.29, 0.717) is 29.1 Å². The molecule has 2 heterocycles. The van der Waals surface area contributed by atoms with Crippen molar-refractivity contribution in [2.45, 2.75) is 44.7 Å². The summed E-state index contributed by atoms with van der Waals surface area (Å²) in [5.74, 6) is 0.656. The molecule has 3 aromatic rings. The fourth-order valence-electron chi connectivity index (χ4n) is 4.82. The number of amides is 2. The number of aromatic nitrogens is 2. The Morgan fingerprint density at radius 2 is 1.86 bits per heavy atom. The van der Waals surface area contributed by atoms with Crippen molar-refractivity contribution < 1.29 is 14.0 Å². The van der Waals surface area contributed by atoms with Crippen molar-refractivity contribution in [2.24, 2.45) is 5.92 Å². The number of hydrogen-bond donors (Lipinski definition) is 2. The minimum Gasteiger partial charge on any atom is -0.310 e. The Kier molecular flexibility index (Phi) is 7.53. The summed E-state index contributed by atoms with van der Waals surface area (Å²) in [6.07, 6.45) is 8.41. The van der Waals surface area contributed by atoms with Crippen molar-refractivity contribution in [3.05, 3.63) is 88.6 Å². The average Bonchev–Trinajstić information content (AvgIpc) is 3.21. The minimum absolute atomic E-state index is 0.223. The van der Waals surface area contributed by atoms with Crippen molar-refractivity contribution in [1.82, 2.24) is 20.6 Å². The first kappa shape index (κ1) is 24.3. The zero-order valence-electron chi connectivity index (χ0n) is 19.7. The van der Waals surface area contributed by atoms with Crippen LogP contribution >= 0.6 is 11.8 Å². The molecule has 5 rings (SSSR count). The van der Waals surface area contributed by atoms with Crippen molar-refractivity contribution in [3.8, 4) is 11.1 Å². The summed E-state index contributed by atoms with van der Waals surface area (Å²) in [6, 6.07) is 17.1. The Hall–Kier alpha value is -3.36. The molecule has 1 saturated carbocycles. The number of imide groups is 1. The fraction of sp³-hybridized carbons (Fsp3) is 0.286. The molecule has 2 N–H and O–H groups in total. The van der Waals surface area contributed by atoms with Crippen molar-refractivity contribution >= 4 is 29.0 Å². The summed E-state index contributed by atoms with van der Waals surface area (Å²) in [5.41, 5.74) is 3.69. The number of benzene rings is 2. The highest BCUT2D eigenvalue weighted by Crippen LogP contribution is 2.29. The van der Waals surface area contributed by atoms with Gasteiger partial charge < -0.3 is 5.32 Å². The highest BCUT2D eigenvalue weighted by atomic mass is 32.2. The number of nitrogens with one attached hydrogen (secondary N) is 2. The van der Waals surface area contributed by atoms with E-state index < -0.39 is 0 Å². The fourth-order valence-corrected chi connectivity index (χ4v) is 5.49. The third-order valence-corrected chi connectivity index (χ3v) is 7.51. The highest BCUT2D eigenvalue weighted by Gasteiger charge is 2.25. The van der Waals surface area contributed by atoms with Gasteiger partial charge in [0.25, 0.3) is 11.1 Å². The summed E-state index contributed by atoms with van der Waals surface area (Å²) in [7, 11) is 0. The molecule has 1 aliphatic heterocycles. The Labute approximate surface area is 213 Å². The van der Waals surface area contributed by atoms with Gasteiger partial charge in [0.05, 0.1) is 10.6 Å². The van der Waals surface area contributed by atoms with Crippen LogP contribution in [0.25, 0.3) is 17.2 Å². The number of halogens is 1. The molecule has 0 radical (unpaired) electrons. The Bertz CT molecular complexity index is 1290. The van der Waals surface area contributed by atoms with E-state index in [1.165, 1.54) is 6.07 Å². The predicted molar refractivity (Wildman–Crippen MR) is 139 cm³/mol. The monoisotopic (exact) mass is 502 g/mol. The molecule has 0 bridgehead atoms. The van der Waals surface area contributed by atoms with Crippen molar-refractivity contribution in [2.75, 3.05) is 0 Å². The van der Waals surface area contributed by atoms with E-state index in [-0.39, 0.29) is 17.0 Å². The van der Waals surface area contributed by atoms with Crippen LogP contribution in [0, 0.1) is 11.7 Å². The zero-order chi connectivity index (χ0) is 24.9. The van der Waals surface area contributed by atoms with Crippen LogP contribution in [-0.2, 0) is 17.8 Å². The van der Waals surface area contributed by atoms with Gasteiger partial charge in [-0.2, -0.15) is 0 Å². The maximum atomic E-state index is 13.9. The lowest BCUT2D eigenvalue weighted by Crippen LogP contribution is -2.33. The third kappa shape index (κ3) is 6.06. The standard InChI is InChI=1S/C28H27FN4O2S/c29-21-9-8-20(24(15-21)19-4-2-1-3-5-19)17-31-22-10-6-18(7-11-22)14-26-30-13-12-23(32-26)16-25-27(34)33-28(35)36-25/h1-5,8-9,12-13,15-16,18,22,31H,6-7,10-11,14,17H2,(H,33,34,35)/b25-16-. The average molecular weight is 503 g/mol. The second-order valence-corrected chi connectivity index (χ2v) is 10.2. The maximum absolute atomic E-state index is 13.9. The first-order chi connectivity index (χ1) is 17.5. The number of carbonyl (C=O) groups excluding carboxylic acids is 2. The van der Waals surface area contributed by atoms with Crippen molar-refractivity contribution in [3.63, 3.8) is 0 Å². The lowest BCUT2D eigenvalue weighted by molar-refractivity contribution is -0.115. The van der Waals surface area contributed by atoms with Crippen LogP contribution in [-0.4, -0.2) is 27.2 Å². The second-order valence-electron chi connectivity index (χ2n) is 9.22. The van der Waals surface area contributed by atoms with E-state index >= 15 is 0 Å². The molecule has 2 amide bonds. The first-order valence-electron chi connectivity index (χ1n) is 12.2. The highest BCUT2D eigenvalue weighted by molar-refractivity contribution is 8.18. The summed E-state index contributed by atoms with van der Waals surface area (Å²) >= 11 is 0.889. The molecule has 8 heteroatoms. The predicted octanol–water partition coefficient (Wildman–Crippen LogP) is 5.50. The molecule has 6 nitrogen and oxygen atoms in total.